The van der Waals surface area contributed by atoms with Gasteiger partial charge in [-0.15, -0.1) is 0 Å². The average molecular weight is 237 g/mol. The zero-order valence-corrected chi connectivity index (χ0v) is 10.1. The largest absolute Gasteiger partial charge is 0.481 e. The molecule has 0 amide bonds. The summed E-state index contributed by atoms with van der Waals surface area (Å²) in [5.41, 5.74) is 5.74. The molecule has 2 rings (SSSR count). The molecule has 0 spiro atoms. The highest BCUT2D eigenvalue weighted by molar-refractivity contribution is 5.17. The summed E-state index contributed by atoms with van der Waals surface area (Å²) in [6.07, 6.45) is 5.12. The number of hydrogen-bond donors (Lipinski definition) is 1. The second-order valence-electron chi connectivity index (χ2n) is 4.40. The minimum atomic E-state index is 0.525. The van der Waals surface area contributed by atoms with Crippen LogP contribution in [-0.2, 0) is 0 Å². The van der Waals surface area contributed by atoms with Crippen LogP contribution in [0.5, 0.6) is 11.8 Å². The number of aromatic nitrogens is 2. The average Bonchev–Trinajstić information content (AvgIpc) is 2.84. The summed E-state index contributed by atoms with van der Waals surface area (Å²) in [6.45, 7) is 1.43. The molecule has 0 saturated heterocycles. The van der Waals surface area contributed by atoms with E-state index in [9.17, 15) is 0 Å². The van der Waals surface area contributed by atoms with E-state index >= 15 is 0 Å². The Morgan fingerprint density at radius 2 is 2.06 bits per heavy atom. The molecule has 0 radical (unpaired) electrons. The van der Waals surface area contributed by atoms with Gasteiger partial charge in [0, 0.05) is 0 Å². The van der Waals surface area contributed by atoms with Crippen LogP contribution in [0.4, 0.5) is 0 Å². The Bertz CT molecular complexity index is 359. The molecule has 1 aliphatic carbocycles. The lowest BCUT2D eigenvalue weighted by Crippen LogP contribution is -2.23. The molecule has 1 aromatic rings. The third kappa shape index (κ3) is 3.06. The monoisotopic (exact) mass is 237 g/mol. The van der Waals surface area contributed by atoms with Gasteiger partial charge in [-0.1, -0.05) is 6.42 Å². The van der Waals surface area contributed by atoms with Crippen LogP contribution >= 0.6 is 0 Å². The van der Waals surface area contributed by atoms with E-state index in [0.717, 1.165) is 6.54 Å². The first-order chi connectivity index (χ1) is 8.33. The molecule has 0 bridgehead atoms. The Morgan fingerprint density at radius 3 is 2.82 bits per heavy atom. The highest BCUT2D eigenvalue weighted by Crippen LogP contribution is 2.31. The molecule has 94 valence electrons. The lowest BCUT2D eigenvalue weighted by Gasteiger charge is -2.17. The van der Waals surface area contributed by atoms with E-state index in [2.05, 4.69) is 9.97 Å². The SMILES string of the molecule is COc1cc(OCC2CCCC2CN)ncn1. The van der Waals surface area contributed by atoms with Gasteiger partial charge in [0.1, 0.15) is 6.33 Å². The second kappa shape index (κ2) is 5.82. The van der Waals surface area contributed by atoms with Crippen molar-refractivity contribution >= 4 is 0 Å². The van der Waals surface area contributed by atoms with Gasteiger partial charge in [-0.25, -0.2) is 9.97 Å². The van der Waals surface area contributed by atoms with E-state index in [-0.39, 0.29) is 0 Å². The minimum Gasteiger partial charge on any atom is -0.481 e. The molecule has 1 aliphatic rings. The first-order valence-electron chi connectivity index (χ1n) is 6.02. The van der Waals surface area contributed by atoms with Crippen LogP contribution < -0.4 is 15.2 Å². The fourth-order valence-corrected chi connectivity index (χ4v) is 2.35. The Morgan fingerprint density at radius 1 is 1.29 bits per heavy atom. The number of ether oxygens (including phenoxy) is 2. The van der Waals surface area contributed by atoms with Gasteiger partial charge < -0.3 is 15.2 Å². The van der Waals surface area contributed by atoms with Crippen LogP contribution in [0.3, 0.4) is 0 Å². The third-order valence-electron chi connectivity index (χ3n) is 3.39. The van der Waals surface area contributed by atoms with Crippen molar-refractivity contribution in [3.05, 3.63) is 12.4 Å². The molecule has 2 atom stereocenters. The second-order valence-corrected chi connectivity index (χ2v) is 4.40. The molecule has 1 fully saturated rings. The molecule has 1 saturated carbocycles. The summed E-state index contributed by atoms with van der Waals surface area (Å²) < 4.78 is 10.7. The van der Waals surface area contributed by atoms with Gasteiger partial charge in [0.05, 0.1) is 19.8 Å². The summed E-state index contributed by atoms with van der Waals surface area (Å²) in [4.78, 5) is 7.99. The molecular weight excluding hydrogens is 218 g/mol. The predicted molar refractivity (Wildman–Crippen MR) is 64.0 cm³/mol. The molecule has 2 unspecified atom stereocenters. The van der Waals surface area contributed by atoms with Crippen molar-refractivity contribution in [2.45, 2.75) is 19.3 Å². The van der Waals surface area contributed by atoms with Crippen LogP contribution in [0.15, 0.2) is 12.4 Å². The minimum absolute atomic E-state index is 0.525. The quantitative estimate of drug-likeness (QED) is 0.834. The van der Waals surface area contributed by atoms with E-state index in [4.69, 9.17) is 15.2 Å². The molecule has 5 heteroatoms. The summed E-state index contributed by atoms with van der Waals surface area (Å²) in [6, 6.07) is 1.70. The number of hydrogen-bond acceptors (Lipinski definition) is 5. The number of nitrogens with zero attached hydrogens (tertiary/aromatic N) is 2. The summed E-state index contributed by atoms with van der Waals surface area (Å²) in [5.74, 6) is 2.25. The molecule has 5 nitrogen and oxygen atoms in total. The third-order valence-corrected chi connectivity index (χ3v) is 3.39. The van der Waals surface area contributed by atoms with E-state index in [1.165, 1.54) is 25.6 Å². The Labute approximate surface area is 101 Å². The zero-order chi connectivity index (χ0) is 12.1. The van der Waals surface area contributed by atoms with Crippen molar-refractivity contribution in [2.24, 2.45) is 17.6 Å². The van der Waals surface area contributed by atoms with E-state index in [0.29, 0.717) is 30.2 Å². The molecule has 1 aromatic heterocycles. The summed E-state index contributed by atoms with van der Waals surface area (Å²) >= 11 is 0. The van der Waals surface area contributed by atoms with Crippen molar-refractivity contribution < 1.29 is 9.47 Å². The van der Waals surface area contributed by atoms with Gasteiger partial charge in [0.2, 0.25) is 11.8 Å². The zero-order valence-electron chi connectivity index (χ0n) is 10.1. The fraction of sp³-hybridized carbons (Fsp3) is 0.667. The molecular formula is C12H19N3O2. The standard InChI is InChI=1S/C12H19N3O2/c1-16-11-5-12(15-8-14-11)17-7-10-4-2-3-9(10)6-13/h5,8-10H,2-4,6-7,13H2,1H3. The van der Waals surface area contributed by atoms with Crippen LogP contribution in [0.25, 0.3) is 0 Å². The summed E-state index contributed by atoms with van der Waals surface area (Å²) in [5, 5.41) is 0. The maximum atomic E-state index is 5.74. The number of rotatable bonds is 5. The fourth-order valence-electron chi connectivity index (χ4n) is 2.35. The maximum Gasteiger partial charge on any atom is 0.220 e. The van der Waals surface area contributed by atoms with Gasteiger partial charge >= 0.3 is 0 Å². The molecule has 0 aromatic carbocycles. The normalized spacial score (nSPS) is 23.6. The Hall–Kier alpha value is -1.36. The van der Waals surface area contributed by atoms with Crippen LogP contribution in [-0.4, -0.2) is 30.2 Å². The first-order valence-corrected chi connectivity index (χ1v) is 6.02. The van der Waals surface area contributed by atoms with Crippen LogP contribution in [0, 0.1) is 11.8 Å². The topological polar surface area (TPSA) is 70.3 Å². The highest BCUT2D eigenvalue weighted by Gasteiger charge is 2.26. The lowest BCUT2D eigenvalue weighted by atomic mass is 9.97. The molecule has 17 heavy (non-hydrogen) atoms. The van der Waals surface area contributed by atoms with Crippen molar-refractivity contribution in [1.29, 1.82) is 0 Å². The van der Waals surface area contributed by atoms with Crippen LogP contribution in [0.1, 0.15) is 19.3 Å². The van der Waals surface area contributed by atoms with Gasteiger partial charge in [0.25, 0.3) is 0 Å². The van der Waals surface area contributed by atoms with Crippen molar-refractivity contribution in [1.82, 2.24) is 9.97 Å². The number of methoxy groups -OCH3 is 1. The van der Waals surface area contributed by atoms with Gasteiger partial charge in [-0.3, -0.25) is 0 Å². The molecule has 2 N–H and O–H groups in total. The van der Waals surface area contributed by atoms with Crippen molar-refractivity contribution in [2.75, 3.05) is 20.3 Å². The highest BCUT2D eigenvalue weighted by atomic mass is 16.5. The lowest BCUT2D eigenvalue weighted by molar-refractivity contribution is 0.209. The van der Waals surface area contributed by atoms with Crippen LogP contribution in [0.2, 0.25) is 0 Å². The van der Waals surface area contributed by atoms with Gasteiger partial charge in [-0.05, 0) is 31.2 Å². The van der Waals surface area contributed by atoms with Gasteiger partial charge in [-0.2, -0.15) is 0 Å². The number of nitrogens with two attached hydrogens (primary N) is 1. The van der Waals surface area contributed by atoms with E-state index < -0.39 is 0 Å². The predicted octanol–water partition coefficient (Wildman–Crippen LogP) is 1.24. The van der Waals surface area contributed by atoms with Gasteiger partial charge in [0.15, 0.2) is 0 Å². The molecule has 1 heterocycles. The van der Waals surface area contributed by atoms with E-state index in [1.807, 2.05) is 0 Å². The Balaban J connectivity index is 1.88. The molecule has 0 aliphatic heterocycles. The Kier molecular flexibility index (Phi) is 4.14. The maximum absolute atomic E-state index is 5.74. The summed E-state index contributed by atoms with van der Waals surface area (Å²) in [7, 11) is 1.58. The first kappa shape index (κ1) is 12.1. The smallest absolute Gasteiger partial charge is 0.220 e. The van der Waals surface area contributed by atoms with Crippen molar-refractivity contribution in [3.63, 3.8) is 0 Å². The van der Waals surface area contributed by atoms with E-state index in [1.54, 1.807) is 13.2 Å². The van der Waals surface area contributed by atoms with Crippen molar-refractivity contribution in [3.8, 4) is 11.8 Å².